The highest BCUT2D eigenvalue weighted by Gasteiger charge is 2.27. The second kappa shape index (κ2) is 10.5. The number of benzene rings is 3. The van der Waals surface area contributed by atoms with Gasteiger partial charge in [-0.15, -0.1) is 0 Å². The van der Waals surface area contributed by atoms with Crippen LogP contribution >= 0.6 is 11.6 Å². The summed E-state index contributed by atoms with van der Waals surface area (Å²) in [6.07, 6.45) is 4.24. The number of nitrogens with one attached hydrogen (secondary N) is 1. The van der Waals surface area contributed by atoms with Crippen LogP contribution in [-0.2, 0) is 21.2 Å². The number of rotatable bonds is 8. The standard InChI is InChI=1S/C26H22ClN3O3S/c27-22-5-4-6-24(18-22)30(34(32,33)25-7-2-1-3-8-25)19-26(31)29-23-11-9-20(10-12-23)17-21-13-15-28-16-14-21/h1-16,18H,17,19H2,(H,29,31). The molecule has 0 spiro atoms. The molecule has 0 aliphatic rings. The highest BCUT2D eigenvalue weighted by Crippen LogP contribution is 2.26. The second-order valence-corrected chi connectivity index (χ2v) is 9.88. The van der Waals surface area contributed by atoms with Crippen molar-refractivity contribution in [2.45, 2.75) is 11.3 Å². The van der Waals surface area contributed by atoms with E-state index in [-0.39, 0.29) is 4.90 Å². The van der Waals surface area contributed by atoms with Gasteiger partial charge in [-0.05, 0) is 72.1 Å². The lowest BCUT2D eigenvalue weighted by Gasteiger charge is -2.24. The Morgan fingerprint density at radius 2 is 1.53 bits per heavy atom. The Bertz CT molecular complexity index is 1360. The van der Waals surface area contributed by atoms with Crippen LogP contribution in [0.4, 0.5) is 11.4 Å². The van der Waals surface area contributed by atoms with Gasteiger partial charge in [0.05, 0.1) is 10.6 Å². The van der Waals surface area contributed by atoms with Crippen molar-refractivity contribution in [2.24, 2.45) is 0 Å². The molecule has 1 amide bonds. The van der Waals surface area contributed by atoms with Crippen LogP contribution in [0.5, 0.6) is 0 Å². The molecule has 34 heavy (non-hydrogen) atoms. The van der Waals surface area contributed by atoms with Gasteiger partial charge in [0.2, 0.25) is 5.91 Å². The zero-order valence-corrected chi connectivity index (χ0v) is 19.7. The lowest BCUT2D eigenvalue weighted by atomic mass is 10.1. The van der Waals surface area contributed by atoms with Crippen LogP contribution in [-0.4, -0.2) is 25.9 Å². The van der Waals surface area contributed by atoms with Gasteiger partial charge >= 0.3 is 0 Å². The van der Waals surface area contributed by atoms with Crippen molar-refractivity contribution in [2.75, 3.05) is 16.2 Å². The van der Waals surface area contributed by atoms with E-state index in [0.29, 0.717) is 16.4 Å². The molecule has 8 heteroatoms. The minimum Gasteiger partial charge on any atom is -0.325 e. The number of hydrogen-bond acceptors (Lipinski definition) is 4. The molecule has 0 radical (unpaired) electrons. The van der Waals surface area contributed by atoms with Crippen molar-refractivity contribution >= 4 is 38.9 Å². The summed E-state index contributed by atoms with van der Waals surface area (Å²) < 4.78 is 27.8. The smallest absolute Gasteiger partial charge is 0.264 e. The highest BCUT2D eigenvalue weighted by atomic mass is 35.5. The molecule has 3 aromatic carbocycles. The highest BCUT2D eigenvalue weighted by molar-refractivity contribution is 7.92. The van der Waals surface area contributed by atoms with E-state index in [4.69, 9.17) is 11.6 Å². The van der Waals surface area contributed by atoms with E-state index < -0.39 is 22.5 Å². The number of carbonyl (C=O) groups is 1. The summed E-state index contributed by atoms with van der Waals surface area (Å²) in [4.78, 5) is 17.0. The molecule has 0 unspecified atom stereocenters. The van der Waals surface area contributed by atoms with Crippen molar-refractivity contribution in [3.63, 3.8) is 0 Å². The fraction of sp³-hybridized carbons (Fsp3) is 0.0769. The number of halogens is 1. The van der Waals surface area contributed by atoms with Crippen molar-refractivity contribution in [1.29, 1.82) is 0 Å². The average molecular weight is 492 g/mol. The summed E-state index contributed by atoms with van der Waals surface area (Å²) in [7, 11) is -3.99. The maximum Gasteiger partial charge on any atom is 0.264 e. The Morgan fingerprint density at radius 3 is 2.21 bits per heavy atom. The van der Waals surface area contributed by atoms with E-state index in [0.717, 1.165) is 21.9 Å². The molecular weight excluding hydrogens is 470 g/mol. The summed E-state index contributed by atoms with van der Waals surface area (Å²) >= 11 is 6.10. The molecule has 0 aliphatic heterocycles. The molecule has 1 aromatic heterocycles. The maximum atomic E-state index is 13.3. The molecule has 0 saturated heterocycles. The van der Waals surface area contributed by atoms with E-state index in [2.05, 4.69) is 10.3 Å². The molecule has 1 N–H and O–H groups in total. The molecule has 6 nitrogen and oxygen atoms in total. The van der Waals surface area contributed by atoms with Crippen molar-refractivity contribution < 1.29 is 13.2 Å². The SMILES string of the molecule is O=C(CN(c1cccc(Cl)c1)S(=O)(=O)c1ccccc1)Nc1ccc(Cc2ccncc2)cc1. The number of hydrogen-bond donors (Lipinski definition) is 1. The molecule has 4 aromatic rings. The van der Waals surface area contributed by atoms with Gasteiger partial charge < -0.3 is 5.32 Å². The topological polar surface area (TPSA) is 79.4 Å². The van der Waals surface area contributed by atoms with Crippen molar-refractivity contribution in [3.8, 4) is 0 Å². The van der Waals surface area contributed by atoms with Crippen LogP contribution in [0.2, 0.25) is 5.02 Å². The zero-order valence-electron chi connectivity index (χ0n) is 18.1. The minimum absolute atomic E-state index is 0.0863. The largest absolute Gasteiger partial charge is 0.325 e. The number of sulfonamides is 1. The van der Waals surface area contributed by atoms with Gasteiger partial charge in [-0.1, -0.05) is 48.0 Å². The Kier molecular flexibility index (Phi) is 7.25. The number of aromatic nitrogens is 1. The maximum absolute atomic E-state index is 13.3. The first-order valence-corrected chi connectivity index (χ1v) is 12.3. The second-order valence-electron chi connectivity index (χ2n) is 7.58. The first kappa shape index (κ1) is 23.5. The zero-order chi connectivity index (χ0) is 24.0. The Labute approximate surface area is 203 Å². The molecule has 0 atom stereocenters. The third kappa shape index (κ3) is 5.81. The van der Waals surface area contributed by atoms with E-state index in [1.165, 1.54) is 18.2 Å². The fourth-order valence-corrected chi connectivity index (χ4v) is 5.06. The molecule has 0 aliphatic carbocycles. The average Bonchev–Trinajstić information content (AvgIpc) is 2.85. The van der Waals surface area contributed by atoms with E-state index in [1.54, 1.807) is 60.9 Å². The minimum atomic E-state index is -3.99. The first-order valence-electron chi connectivity index (χ1n) is 10.5. The summed E-state index contributed by atoms with van der Waals surface area (Å²) in [6, 6.07) is 25.7. The summed E-state index contributed by atoms with van der Waals surface area (Å²) in [6.45, 7) is -0.406. The summed E-state index contributed by atoms with van der Waals surface area (Å²) in [5, 5.41) is 3.15. The van der Waals surface area contributed by atoms with Gasteiger partial charge in [-0.25, -0.2) is 8.42 Å². The summed E-state index contributed by atoms with van der Waals surface area (Å²) in [5.74, 6) is -0.471. The van der Waals surface area contributed by atoms with Gasteiger partial charge in [0.15, 0.2) is 0 Å². The molecule has 172 valence electrons. The first-order chi connectivity index (χ1) is 16.4. The van der Waals surface area contributed by atoms with Gasteiger partial charge in [0, 0.05) is 23.1 Å². The molecule has 4 rings (SSSR count). The number of carbonyl (C=O) groups excluding carboxylic acids is 1. The number of anilines is 2. The van der Waals surface area contributed by atoms with Crippen LogP contribution in [0.3, 0.4) is 0 Å². The van der Waals surface area contributed by atoms with E-state index in [1.807, 2.05) is 24.3 Å². The van der Waals surface area contributed by atoms with Crippen LogP contribution in [0, 0.1) is 0 Å². The van der Waals surface area contributed by atoms with Crippen LogP contribution in [0.15, 0.2) is 108 Å². The Morgan fingerprint density at radius 1 is 0.853 bits per heavy atom. The quantitative estimate of drug-likeness (QED) is 0.369. The number of pyridine rings is 1. The van der Waals surface area contributed by atoms with Crippen LogP contribution in [0.25, 0.3) is 0 Å². The predicted octanol–water partition coefficient (Wildman–Crippen LogP) is 5.16. The third-order valence-corrected chi connectivity index (χ3v) is 7.13. The lowest BCUT2D eigenvalue weighted by molar-refractivity contribution is -0.114. The van der Waals surface area contributed by atoms with E-state index in [9.17, 15) is 13.2 Å². The Hall–Kier alpha value is -3.68. The molecule has 0 saturated carbocycles. The number of nitrogens with zero attached hydrogens (tertiary/aromatic N) is 2. The Balaban J connectivity index is 1.52. The van der Waals surface area contributed by atoms with Crippen LogP contribution in [0.1, 0.15) is 11.1 Å². The fourth-order valence-electron chi connectivity index (χ4n) is 3.44. The monoisotopic (exact) mass is 491 g/mol. The summed E-state index contributed by atoms with van der Waals surface area (Å²) in [5.41, 5.74) is 3.09. The van der Waals surface area contributed by atoms with Crippen molar-refractivity contribution in [1.82, 2.24) is 4.98 Å². The molecule has 0 bridgehead atoms. The number of amides is 1. The van der Waals surface area contributed by atoms with Crippen molar-refractivity contribution in [3.05, 3.63) is 120 Å². The van der Waals surface area contributed by atoms with Gasteiger partial charge in [0.25, 0.3) is 10.0 Å². The van der Waals surface area contributed by atoms with Crippen LogP contribution < -0.4 is 9.62 Å². The van der Waals surface area contributed by atoms with Gasteiger partial charge in [0.1, 0.15) is 6.54 Å². The molecular formula is C26H22ClN3O3S. The molecule has 0 fully saturated rings. The van der Waals surface area contributed by atoms with Gasteiger partial charge in [-0.3, -0.25) is 14.1 Å². The van der Waals surface area contributed by atoms with Gasteiger partial charge in [-0.2, -0.15) is 0 Å². The lowest BCUT2D eigenvalue weighted by Crippen LogP contribution is -2.38. The van der Waals surface area contributed by atoms with E-state index >= 15 is 0 Å². The third-order valence-electron chi connectivity index (χ3n) is 5.11. The predicted molar refractivity (Wildman–Crippen MR) is 135 cm³/mol. The molecule has 1 heterocycles. The normalized spacial score (nSPS) is 11.1.